The van der Waals surface area contributed by atoms with Crippen molar-refractivity contribution in [1.82, 2.24) is 15.2 Å². The lowest BCUT2D eigenvalue weighted by Crippen LogP contribution is -2.15. The second-order valence-electron chi connectivity index (χ2n) is 5.25. The molecule has 5 heteroatoms. The van der Waals surface area contributed by atoms with Crippen LogP contribution >= 0.6 is 0 Å². The Balaban J connectivity index is 1.63. The van der Waals surface area contributed by atoms with Gasteiger partial charge in [-0.05, 0) is 24.1 Å². The van der Waals surface area contributed by atoms with E-state index < -0.39 is 0 Å². The summed E-state index contributed by atoms with van der Waals surface area (Å²) in [6.45, 7) is 2.10. The lowest BCUT2D eigenvalue weighted by molar-refractivity contribution is -0.115. The van der Waals surface area contributed by atoms with Crippen molar-refractivity contribution in [1.29, 1.82) is 0 Å². The number of carbonyl (C=O) groups is 1. The Morgan fingerprint density at radius 1 is 1.09 bits per heavy atom. The lowest BCUT2D eigenvalue weighted by Gasteiger charge is -2.04. The molecular formula is C18H18N4O. The van der Waals surface area contributed by atoms with E-state index >= 15 is 0 Å². The van der Waals surface area contributed by atoms with Crippen molar-refractivity contribution in [3.05, 3.63) is 66.0 Å². The highest BCUT2D eigenvalue weighted by atomic mass is 16.1. The van der Waals surface area contributed by atoms with Crippen molar-refractivity contribution in [2.24, 2.45) is 0 Å². The van der Waals surface area contributed by atoms with Gasteiger partial charge in [-0.15, -0.1) is 0 Å². The molecule has 0 radical (unpaired) electrons. The van der Waals surface area contributed by atoms with E-state index in [4.69, 9.17) is 0 Å². The first-order valence-electron chi connectivity index (χ1n) is 7.60. The highest BCUT2D eigenvalue weighted by Gasteiger charge is 2.10. The predicted molar refractivity (Wildman–Crippen MR) is 90.0 cm³/mol. The van der Waals surface area contributed by atoms with Crippen molar-refractivity contribution in [2.45, 2.75) is 19.8 Å². The van der Waals surface area contributed by atoms with Gasteiger partial charge >= 0.3 is 0 Å². The van der Waals surface area contributed by atoms with Gasteiger partial charge in [0, 0.05) is 11.3 Å². The van der Waals surface area contributed by atoms with Crippen LogP contribution in [0.1, 0.15) is 18.3 Å². The number of hydrogen-bond donors (Lipinski definition) is 2. The quantitative estimate of drug-likeness (QED) is 0.760. The Kier molecular flexibility index (Phi) is 4.47. The molecule has 3 rings (SSSR count). The molecule has 0 spiro atoms. The fourth-order valence-corrected chi connectivity index (χ4v) is 2.27. The number of aryl methyl sites for hydroxylation is 1. The monoisotopic (exact) mass is 306 g/mol. The number of aromatic nitrogens is 3. The molecule has 0 unspecified atom stereocenters. The van der Waals surface area contributed by atoms with Crippen molar-refractivity contribution >= 4 is 11.6 Å². The van der Waals surface area contributed by atoms with E-state index in [2.05, 4.69) is 27.4 Å². The largest absolute Gasteiger partial charge is 0.326 e. The summed E-state index contributed by atoms with van der Waals surface area (Å²) in [5.41, 5.74) is 2.95. The first-order chi connectivity index (χ1) is 11.2. The summed E-state index contributed by atoms with van der Waals surface area (Å²) in [6.07, 6.45) is 1.14. The van der Waals surface area contributed by atoms with Gasteiger partial charge in [0.25, 0.3) is 0 Å². The average molecular weight is 306 g/mol. The maximum Gasteiger partial charge on any atom is 0.232 e. The maximum absolute atomic E-state index is 12.1. The molecule has 0 bridgehead atoms. The van der Waals surface area contributed by atoms with Crippen LogP contribution in [0.4, 0.5) is 5.69 Å². The molecular weight excluding hydrogens is 288 g/mol. The Labute approximate surface area is 134 Å². The molecule has 0 aliphatic rings. The summed E-state index contributed by atoms with van der Waals surface area (Å²) in [6, 6.07) is 17.5. The standard InChI is InChI=1S/C18H18N4O/c1-2-13-8-10-15(11-9-13)19-17(23)12-16-20-18(22-21-16)14-6-4-3-5-7-14/h3-11H,2,12H2,1H3,(H,19,23)(H,20,21,22). The summed E-state index contributed by atoms with van der Waals surface area (Å²) in [5.74, 6) is 1.03. The normalized spacial score (nSPS) is 10.5. The van der Waals surface area contributed by atoms with Crippen LogP contribution in [0, 0.1) is 0 Å². The minimum absolute atomic E-state index is 0.120. The molecule has 23 heavy (non-hydrogen) atoms. The van der Waals surface area contributed by atoms with Crippen molar-refractivity contribution in [2.75, 3.05) is 5.32 Å². The first-order valence-corrected chi connectivity index (χ1v) is 7.60. The number of carbonyl (C=O) groups excluding carboxylic acids is 1. The van der Waals surface area contributed by atoms with E-state index in [1.165, 1.54) is 5.56 Å². The second-order valence-corrected chi connectivity index (χ2v) is 5.25. The number of rotatable bonds is 5. The zero-order valence-electron chi connectivity index (χ0n) is 12.9. The Morgan fingerprint density at radius 3 is 2.52 bits per heavy atom. The molecule has 1 amide bonds. The minimum Gasteiger partial charge on any atom is -0.326 e. The Bertz CT molecular complexity index is 778. The number of H-pyrrole nitrogens is 1. The van der Waals surface area contributed by atoms with Gasteiger partial charge in [-0.3, -0.25) is 9.89 Å². The van der Waals surface area contributed by atoms with Gasteiger partial charge in [0.15, 0.2) is 5.82 Å². The number of nitrogens with one attached hydrogen (secondary N) is 2. The number of amides is 1. The molecule has 0 aliphatic carbocycles. The number of nitrogens with zero attached hydrogens (tertiary/aromatic N) is 2. The van der Waals surface area contributed by atoms with Gasteiger partial charge in [0.1, 0.15) is 5.82 Å². The molecule has 0 atom stereocenters. The third-order valence-corrected chi connectivity index (χ3v) is 3.54. The number of aromatic amines is 1. The van der Waals surface area contributed by atoms with Crippen LogP contribution in [-0.4, -0.2) is 21.1 Å². The van der Waals surface area contributed by atoms with Gasteiger partial charge in [-0.25, -0.2) is 4.98 Å². The van der Waals surface area contributed by atoms with Gasteiger partial charge in [0.2, 0.25) is 5.91 Å². The molecule has 3 aromatic rings. The average Bonchev–Trinajstić information content (AvgIpc) is 3.04. The van der Waals surface area contributed by atoms with E-state index in [9.17, 15) is 4.79 Å². The molecule has 0 saturated carbocycles. The number of anilines is 1. The number of benzene rings is 2. The summed E-state index contributed by atoms with van der Waals surface area (Å²) < 4.78 is 0. The smallest absolute Gasteiger partial charge is 0.232 e. The third kappa shape index (κ3) is 3.83. The van der Waals surface area contributed by atoms with Crippen LogP contribution in [0.5, 0.6) is 0 Å². The van der Waals surface area contributed by atoms with Crippen LogP contribution in [0.2, 0.25) is 0 Å². The van der Waals surface area contributed by atoms with Crippen LogP contribution in [0.3, 0.4) is 0 Å². The second kappa shape index (κ2) is 6.87. The molecule has 2 N–H and O–H groups in total. The van der Waals surface area contributed by atoms with Crippen LogP contribution < -0.4 is 5.32 Å². The van der Waals surface area contributed by atoms with Crippen LogP contribution in [0.15, 0.2) is 54.6 Å². The van der Waals surface area contributed by atoms with Gasteiger partial charge < -0.3 is 5.32 Å². The lowest BCUT2D eigenvalue weighted by atomic mass is 10.1. The van der Waals surface area contributed by atoms with E-state index in [1.807, 2.05) is 54.6 Å². The Hall–Kier alpha value is -2.95. The molecule has 2 aromatic carbocycles. The Morgan fingerprint density at radius 2 is 1.83 bits per heavy atom. The fraction of sp³-hybridized carbons (Fsp3) is 0.167. The third-order valence-electron chi connectivity index (χ3n) is 3.54. The van der Waals surface area contributed by atoms with Crippen LogP contribution in [-0.2, 0) is 17.6 Å². The van der Waals surface area contributed by atoms with Crippen molar-refractivity contribution in [3.8, 4) is 11.4 Å². The molecule has 5 nitrogen and oxygen atoms in total. The fourth-order valence-electron chi connectivity index (χ4n) is 2.27. The molecule has 0 fully saturated rings. The van der Waals surface area contributed by atoms with Crippen molar-refractivity contribution in [3.63, 3.8) is 0 Å². The maximum atomic E-state index is 12.1. The zero-order valence-corrected chi connectivity index (χ0v) is 12.9. The predicted octanol–water partition coefficient (Wildman–Crippen LogP) is 3.22. The number of hydrogen-bond acceptors (Lipinski definition) is 3. The van der Waals surface area contributed by atoms with Gasteiger partial charge in [0.05, 0.1) is 6.42 Å². The topological polar surface area (TPSA) is 70.7 Å². The zero-order chi connectivity index (χ0) is 16.1. The van der Waals surface area contributed by atoms with E-state index in [0.29, 0.717) is 11.6 Å². The van der Waals surface area contributed by atoms with E-state index in [-0.39, 0.29) is 12.3 Å². The summed E-state index contributed by atoms with van der Waals surface area (Å²) in [7, 11) is 0. The molecule has 0 saturated heterocycles. The van der Waals surface area contributed by atoms with Crippen molar-refractivity contribution < 1.29 is 4.79 Å². The molecule has 0 aliphatic heterocycles. The van der Waals surface area contributed by atoms with E-state index in [0.717, 1.165) is 17.7 Å². The molecule has 1 heterocycles. The molecule has 116 valence electrons. The first kappa shape index (κ1) is 15.0. The highest BCUT2D eigenvalue weighted by molar-refractivity contribution is 5.91. The van der Waals surface area contributed by atoms with Crippen LogP contribution in [0.25, 0.3) is 11.4 Å². The van der Waals surface area contributed by atoms with Gasteiger partial charge in [-0.2, -0.15) is 5.10 Å². The SMILES string of the molecule is CCc1ccc(NC(=O)Cc2nc(-c3ccccc3)n[nH]2)cc1. The summed E-state index contributed by atoms with van der Waals surface area (Å²) in [5, 5.41) is 9.83. The summed E-state index contributed by atoms with van der Waals surface area (Å²) in [4.78, 5) is 16.4. The highest BCUT2D eigenvalue weighted by Crippen LogP contribution is 2.14. The van der Waals surface area contributed by atoms with E-state index in [1.54, 1.807) is 0 Å². The summed E-state index contributed by atoms with van der Waals surface area (Å²) >= 11 is 0. The minimum atomic E-state index is -0.120. The van der Waals surface area contributed by atoms with Gasteiger partial charge in [-0.1, -0.05) is 49.4 Å². The molecule has 1 aromatic heterocycles.